The van der Waals surface area contributed by atoms with Crippen molar-refractivity contribution in [2.75, 3.05) is 57.3 Å². The predicted octanol–water partition coefficient (Wildman–Crippen LogP) is 0.936. The molecule has 28 heavy (non-hydrogen) atoms. The average molecular weight is 389 g/mol. The van der Waals surface area contributed by atoms with Crippen LogP contribution in [0.3, 0.4) is 0 Å². The first-order chi connectivity index (χ1) is 13.6. The highest BCUT2D eigenvalue weighted by Gasteiger charge is 2.21. The number of guanidine groups is 1. The fraction of sp³-hybridized carbons (Fsp3) is 0.650. The quantitative estimate of drug-likeness (QED) is 0.611. The molecule has 2 aliphatic heterocycles. The predicted molar refractivity (Wildman–Crippen MR) is 111 cm³/mol. The van der Waals surface area contributed by atoms with E-state index in [-0.39, 0.29) is 12.0 Å². The molecule has 1 aromatic rings. The SMILES string of the molecule is CCNC(=NCc1ccc(N2CCOC(C)C2)nc1)N1CCN(C(C)=O)CC1. The van der Waals surface area contributed by atoms with Gasteiger partial charge in [-0.2, -0.15) is 0 Å². The number of anilines is 1. The van der Waals surface area contributed by atoms with E-state index in [2.05, 4.69) is 46.1 Å². The van der Waals surface area contributed by atoms with Crippen LogP contribution in [0.15, 0.2) is 23.3 Å². The van der Waals surface area contributed by atoms with Crippen molar-refractivity contribution in [1.29, 1.82) is 0 Å². The Morgan fingerprint density at radius 3 is 2.61 bits per heavy atom. The number of nitrogens with zero attached hydrogens (tertiary/aromatic N) is 5. The molecule has 2 fully saturated rings. The van der Waals surface area contributed by atoms with Crippen LogP contribution in [-0.4, -0.2) is 85.2 Å². The van der Waals surface area contributed by atoms with Crippen LogP contribution in [0.5, 0.6) is 0 Å². The molecule has 8 nitrogen and oxygen atoms in total. The standard InChI is InChI=1S/C20H32N6O2/c1-4-21-20(25-9-7-24(8-10-25)17(3)27)23-14-18-5-6-19(22-13-18)26-11-12-28-16(2)15-26/h5-6,13,16H,4,7-12,14-15H2,1-3H3,(H,21,23). The smallest absolute Gasteiger partial charge is 0.219 e. The molecule has 0 aliphatic carbocycles. The van der Waals surface area contributed by atoms with Crippen LogP contribution < -0.4 is 10.2 Å². The fourth-order valence-electron chi connectivity index (χ4n) is 3.55. The Bertz CT molecular complexity index is 670. The molecule has 154 valence electrons. The lowest BCUT2D eigenvalue weighted by molar-refractivity contribution is -0.130. The second-order valence-corrected chi connectivity index (χ2v) is 7.32. The molecule has 0 radical (unpaired) electrons. The normalized spacial score (nSPS) is 21.0. The highest BCUT2D eigenvalue weighted by atomic mass is 16.5. The van der Waals surface area contributed by atoms with Gasteiger partial charge in [-0.15, -0.1) is 0 Å². The number of nitrogens with one attached hydrogen (secondary N) is 1. The van der Waals surface area contributed by atoms with Crippen LogP contribution in [0.4, 0.5) is 5.82 Å². The summed E-state index contributed by atoms with van der Waals surface area (Å²) in [6, 6.07) is 4.17. The third-order valence-electron chi connectivity index (χ3n) is 5.15. The van der Waals surface area contributed by atoms with Crippen molar-refractivity contribution in [3.05, 3.63) is 23.9 Å². The summed E-state index contributed by atoms with van der Waals surface area (Å²) in [5, 5.41) is 3.36. The Kier molecular flexibility index (Phi) is 7.08. The summed E-state index contributed by atoms with van der Waals surface area (Å²) in [6.07, 6.45) is 2.15. The van der Waals surface area contributed by atoms with Gasteiger partial charge in [-0.3, -0.25) is 4.79 Å². The number of aliphatic imine (C=N–C) groups is 1. The number of pyridine rings is 1. The lowest BCUT2D eigenvalue weighted by Gasteiger charge is -2.36. The van der Waals surface area contributed by atoms with Gasteiger partial charge in [0.15, 0.2) is 5.96 Å². The number of carbonyl (C=O) groups is 1. The largest absolute Gasteiger partial charge is 0.375 e. The molecular formula is C20H32N6O2. The zero-order chi connectivity index (χ0) is 19.9. The number of hydrogen-bond acceptors (Lipinski definition) is 5. The number of morpholine rings is 1. The van der Waals surface area contributed by atoms with Crippen molar-refractivity contribution in [1.82, 2.24) is 20.1 Å². The van der Waals surface area contributed by atoms with Crippen LogP contribution in [0.1, 0.15) is 26.3 Å². The molecule has 2 aliphatic rings. The minimum Gasteiger partial charge on any atom is -0.375 e. The summed E-state index contributed by atoms with van der Waals surface area (Å²) in [5.41, 5.74) is 1.09. The topological polar surface area (TPSA) is 73.3 Å². The van der Waals surface area contributed by atoms with Gasteiger partial charge in [0.25, 0.3) is 0 Å². The monoisotopic (exact) mass is 388 g/mol. The molecule has 1 unspecified atom stereocenters. The molecule has 1 aromatic heterocycles. The van der Waals surface area contributed by atoms with Crippen LogP contribution in [-0.2, 0) is 16.1 Å². The maximum atomic E-state index is 11.5. The second kappa shape index (κ2) is 9.73. The molecule has 1 atom stereocenters. The number of carbonyl (C=O) groups excluding carboxylic acids is 1. The maximum Gasteiger partial charge on any atom is 0.219 e. The second-order valence-electron chi connectivity index (χ2n) is 7.32. The number of aromatic nitrogens is 1. The lowest BCUT2D eigenvalue weighted by atomic mass is 10.2. The number of rotatable bonds is 4. The average Bonchev–Trinajstić information content (AvgIpc) is 2.71. The van der Waals surface area contributed by atoms with Crippen molar-refractivity contribution in [3.63, 3.8) is 0 Å². The van der Waals surface area contributed by atoms with Crippen LogP contribution in [0.25, 0.3) is 0 Å². The van der Waals surface area contributed by atoms with E-state index in [1.807, 2.05) is 11.1 Å². The van der Waals surface area contributed by atoms with Crippen molar-refractivity contribution in [2.24, 2.45) is 4.99 Å². The first-order valence-electron chi connectivity index (χ1n) is 10.2. The van der Waals surface area contributed by atoms with Gasteiger partial charge in [0.2, 0.25) is 5.91 Å². The summed E-state index contributed by atoms with van der Waals surface area (Å²) in [5.74, 6) is 2.04. The highest BCUT2D eigenvalue weighted by molar-refractivity contribution is 5.80. The van der Waals surface area contributed by atoms with Gasteiger partial charge in [-0.25, -0.2) is 9.98 Å². The van der Waals surface area contributed by atoms with E-state index >= 15 is 0 Å². The molecule has 2 saturated heterocycles. The summed E-state index contributed by atoms with van der Waals surface area (Å²) >= 11 is 0. The molecule has 8 heteroatoms. The zero-order valence-corrected chi connectivity index (χ0v) is 17.2. The van der Waals surface area contributed by atoms with Crippen molar-refractivity contribution >= 4 is 17.7 Å². The van der Waals surface area contributed by atoms with Gasteiger partial charge in [-0.1, -0.05) is 6.07 Å². The fourth-order valence-corrected chi connectivity index (χ4v) is 3.55. The van der Waals surface area contributed by atoms with E-state index in [1.54, 1.807) is 6.92 Å². The van der Waals surface area contributed by atoms with E-state index < -0.39 is 0 Å². The molecule has 0 bridgehead atoms. The van der Waals surface area contributed by atoms with E-state index in [0.29, 0.717) is 6.54 Å². The third-order valence-corrected chi connectivity index (χ3v) is 5.15. The number of ether oxygens (including phenoxy) is 1. The van der Waals surface area contributed by atoms with E-state index in [0.717, 1.165) is 69.8 Å². The Balaban J connectivity index is 1.59. The van der Waals surface area contributed by atoms with Gasteiger partial charge in [0.05, 0.1) is 19.3 Å². The molecule has 3 heterocycles. The van der Waals surface area contributed by atoms with Crippen molar-refractivity contribution < 1.29 is 9.53 Å². The molecule has 0 aromatic carbocycles. The van der Waals surface area contributed by atoms with E-state index in [9.17, 15) is 4.79 Å². The van der Waals surface area contributed by atoms with Crippen LogP contribution >= 0.6 is 0 Å². The van der Waals surface area contributed by atoms with Crippen LogP contribution in [0, 0.1) is 0 Å². The number of amides is 1. The summed E-state index contributed by atoms with van der Waals surface area (Å²) in [6.45, 7) is 12.8. The molecule has 3 rings (SSSR count). The summed E-state index contributed by atoms with van der Waals surface area (Å²) in [7, 11) is 0. The minimum absolute atomic E-state index is 0.141. The molecule has 0 spiro atoms. The van der Waals surface area contributed by atoms with Gasteiger partial charge >= 0.3 is 0 Å². The first-order valence-corrected chi connectivity index (χ1v) is 10.2. The van der Waals surface area contributed by atoms with Gasteiger partial charge < -0.3 is 24.8 Å². The molecule has 0 saturated carbocycles. The molecule has 1 N–H and O–H groups in total. The van der Waals surface area contributed by atoms with E-state index in [1.165, 1.54) is 0 Å². The molecular weight excluding hydrogens is 356 g/mol. The van der Waals surface area contributed by atoms with Gasteiger partial charge in [0.1, 0.15) is 5.82 Å². The summed E-state index contributed by atoms with van der Waals surface area (Å²) in [4.78, 5) is 27.3. The van der Waals surface area contributed by atoms with Crippen molar-refractivity contribution in [2.45, 2.75) is 33.4 Å². The van der Waals surface area contributed by atoms with Gasteiger partial charge in [-0.05, 0) is 25.5 Å². The lowest BCUT2D eigenvalue weighted by Crippen LogP contribution is -2.53. The zero-order valence-electron chi connectivity index (χ0n) is 17.2. The Labute approximate surface area is 167 Å². The Hall–Kier alpha value is -2.35. The van der Waals surface area contributed by atoms with Gasteiger partial charge in [0, 0.05) is 58.9 Å². The van der Waals surface area contributed by atoms with Crippen molar-refractivity contribution in [3.8, 4) is 0 Å². The first kappa shape index (κ1) is 20.4. The number of piperazine rings is 1. The Morgan fingerprint density at radius 2 is 2.00 bits per heavy atom. The molecule has 1 amide bonds. The number of hydrogen-bond donors (Lipinski definition) is 1. The highest BCUT2D eigenvalue weighted by Crippen LogP contribution is 2.16. The Morgan fingerprint density at radius 1 is 1.25 bits per heavy atom. The third kappa shape index (κ3) is 5.34. The maximum absolute atomic E-state index is 11.5. The van der Waals surface area contributed by atoms with Crippen LogP contribution in [0.2, 0.25) is 0 Å². The minimum atomic E-state index is 0.141. The van der Waals surface area contributed by atoms with E-state index in [4.69, 9.17) is 9.73 Å². The summed E-state index contributed by atoms with van der Waals surface area (Å²) < 4.78 is 5.60.